The summed E-state index contributed by atoms with van der Waals surface area (Å²) in [7, 11) is 0. The van der Waals surface area contributed by atoms with Crippen LogP contribution in [0.3, 0.4) is 0 Å². The SMILES string of the molecule is CC1(C)CCc2cncc(C=O)c2C1. The molecule has 0 atom stereocenters. The zero-order valence-electron chi connectivity index (χ0n) is 8.71. The van der Waals surface area contributed by atoms with E-state index in [4.69, 9.17) is 0 Å². The summed E-state index contributed by atoms with van der Waals surface area (Å²) < 4.78 is 0. The van der Waals surface area contributed by atoms with Gasteiger partial charge in [0.15, 0.2) is 6.29 Å². The molecule has 14 heavy (non-hydrogen) atoms. The van der Waals surface area contributed by atoms with Crippen LogP contribution in [-0.2, 0) is 12.8 Å². The maximum atomic E-state index is 10.8. The first-order valence-corrected chi connectivity index (χ1v) is 5.03. The topological polar surface area (TPSA) is 30.0 Å². The number of aromatic nitrogens is 1. The minimum atomic E-state index is 0.326. The van der Waals surface area contributed by atoms with Crippen molar-refractivity contribution in [2.45, 2.75) is 33.1 Å². The van der Waals surface area contributed by atoms with E-state index >= 15 is 0 Å². The zero-order chi connectivity index (χ0) is 10.2. The molecule has 1 heterocycles. The third-order valence-electron chi connectivity index (χ3n) is 3.03. The number of carbonyl (C=O) groups excluding carboxylic acids is 1. The van der Waals surface area contributed by atoms with Crippen LogP contribution in [0, 0.1) is 5.41 Å². The van der Waals surface area contributed by atoms with E-state index in [0.717, 1.165) is 24.7 Å². The molecule has 0 amide bonds. The van der Waals surface area contributed by atoms with Crippen LogP contribution in [0.5, 0.6) is 0 Å². The molecule has 2 rings (SSSR count). The summed E-state index contributed by atoms with van der Waals surface area (Å²) in [5.41, 5.74) is 3.57. The monoisotopic (exact) mass is 189 g/mol. The van der Waals surface area contributed by atoms with Gasteiger partial charge in [0.2, 0.25) is 0 Å². The number of hydrogen-bond acceptors (Lipinski definition) is 2. The lowest BCUT2D eigenvalue weighted by Crippen LogP contribution is -2.23. The Hall–Kier alpha value is -1.18. The lowest BCUT2D eigenvalue weighted by molar-refractivity contribution is 0.112. The maximum Gasteiger partial charge on any atom is 0.151 e. The van der Waals surface area contributed by atoms with Gasteiger partial charge in [-0.2, -0.15) is 0 Å². The summed E-state index contributed by atoms with van der Waals surface area (Å²) in [6, 6.07) is 0. The van der Waals surface area contributed by atoms with Crippen molar-refractivity contribution >= 4 is 6.29 Å². The minimum Gasteiger partial charge on any atom is -0.298 e. The molecule has 0 bridgehead atoms. The van der Waals surface area contributed by atoms with Crippen molar-refractivity contribution in [3.05, 3.63) is 29.1 Å². The molecule has 1 aromatic heterocycles. The van der Waals surface area contributed by atoms with Crippen molar-refractivity contribution in [3.8, 4) is 0 Å². The van der Waals surface area contributed by atoms with Crippen LogP contribution in [0.2, 0.25) is 0 Å². The fourth-order valence-corrected chi connectivity index (χ4v) is 2.12. The van der Waals surface area contributed by atoms with Gasteiger partial charge in [-0.25, -0.2) is 0 Å². The molecule has 2 nitrogen and oxygen atoms in total. The second-order valence-electron chi connectivity index (χ2n) is 4.83. The van der Waals surface area contributed by atoms with E-state index in [9.17, 15) is 4.79 Å². The van der Waals surface area contributed by atoms with E-state index in [2.05, 4.69) is 18.8 Å². The Balaban J connectivity index is 2.48. The van der Waals surface area contributed by atoms with Gasteiger partial charge in [-0.15, -0.1) is 0 Å². The number of pyridine rings is 1. The highest BCUT2D eigenvalue weighted by Gasteiger charge is 2.26. The summed E-state index contributed by atoms with van der Waals surface area (Å²) >= 11 is 0. The van der Waals surface area contributed by atoms with Gasteiger partial charge >= 0.3 is 0 Å². The Morgan fingerprint density at radius 1 is 1.43 bits per heavy atom. The average Bonchev–Trinajstić information content (AvgIpc) is 2.15. The van der Waals surface area contributed by atoms with Crippen molar-refractivity contribution in [2.24, 2.45) is 5.41 Å². The number of aryl methyl sites for hydroxylation is 1. The van der Waals surface area contributed by atoms with Gasteiger partial charge in [0, 0.05) is 18.0 Å². The minimum absolute atomic E-state index is 0.326. The van der Waals surface area contributed by atoms with Gasteiger partial charge in [0.1, 0.15) is 0 Å². The molecule has 0 spiro atoms. The zero-order valence-corrected chi connectivity index (χ0v) is 8.71. The van der Waals surface area contributed by atoms with Crippen molar-refractivity contribution in [3.63, 3.8) is 0 Å². The number of aldehydes is 1. The normalized spacial score (nSPS) is 18.7. The van der Waals surface area contributed by atoms with Crippen molar-refractivity contribution < 1.29 is 4.79 Å². The Morgan fingerprint density at radius 3 is 2.93 bits per heavy atom. The van der Waals surface area contributed by atoms with Gasteiger partial charge in [-0.3, -0.25) is 9.78 Å². The molecule has 74 valence electrons. The predicted molar refractivity (Wildman–Crippen MR) is 55.4 cm³/mol. The van der Waals surface area contributed by atoms with Gasteiger partial charge < -0.3 is 0 Å². The van der Waals surface area contributed by atoms with Crippen LogP contribution in [0.4, 0.5) is 0 Å². The fraction of sp³-hybridized carbons (Fsp3) is 0.500. The molecule has 0 unspecified atom stereocenters. The first kappa shape index (κ1) is 9.38. The van der Waals surface area contributed by atoms with E-state index in [1.54, 1.807) is 6.20 Å². The first-order valence-electron chi connectivity index (χ1n) is 5.03. The highest BCUT2D eigenvalue weighted by molar-refractivity contribution is 5.77. The molecular weight excluding hydrogens is 174 g/mol. The number of fused-ring (bicyclic) bond motifs is 1. The number of nitrogens with zero attached hydrogens (tertiary/aromatic N) is 1. The second-order valence-corrected chi connectivity index (χ2v) is 4.83. The molecule has 1 aliphatic rings. The Labute approximate surface area is 84.4 Å². The Morgan fingerprint density at radius 2 is 2.21 bits per heavy atom. The predicted octanol–water partition coefficient (Wildman–Crippen LogP) is 2.41. The van der Waals surface area contributed by atoms with Gasteiger partial charge in [-0.1, -0.05) is 13.8 Å². The molecule has 0 saturated carbocycles. The smallest absolute Gasteiger partial charge is 0.151 e. The summed E-state index contributed by atoms with van der Waals surface area (Å²) in [4.78, 5) is 14.9. The van der Waals surface area contributed by atoms with E-state index in [1.165, 1.54) is 17.5 Å². The molecule has 0 fully saturated rings. The van der Waals surface area contributed by atoms with Crippen LogP contribution in [-0.4, -0.2) is 11.3 Å². The third kappa shape index (κ3) is 1.57. The van der Waals surface area contributed by atoms with E-state index in [0.29, 0.717) is 5.41 Å². The van der Waals surface area contributed by atoms with Crippen molar-refractivity contribution in [2.75, 3.05) is 0 Å². The third-order valence-corrected chi connectivity index (χ3v) is 3.03. The Kier molecular flexibility index (Phi) is 2.14. The Bertz CT molecular complexity index is 369. The summed E-state index contributed by atoms with van der Waals surface area (Å²) in [5, 5.41) is 0. The van der Waals surface area contributed by atoms with Crippen LogP contribution < -0.4 is 0 Å². The average molecular weight is 189 g/mol. The summed E-state index contributed by atoms with van der Waals surface area (Å²) in [6.07, 6.45) is 7.73. The molecule has 2 heteroatoms. The van der Waals surface area contributed by atoms with Crippen LogP contribution >= 0.6 is 0 Å². The van der Waals surface area contributed by atoms with E-state index < -0.39 is 0 Å². The quantitative estimate of drug-likeness (QED) is 0.635. The standard InChI is InChI=1S/C12H15NO/c1-12(2)4-3-9-6-13-7-10(8-14)11(9)5-12/h6-8H,3-5H2,1-2H3. The maximum absolute atomic E-state index is 10.8. The molecule has 0 aliphatic heterocycles. The van der Waals surface area contributed by atoms with Crippen LogP contribution in [0.15, 0.2) is 12.4 Å². The molecular formula is C12H15NO. The first-order chi connectivity index (χ1) is 6.62. The largest absolute Gasteiger partial charge is 0.298 e. The highest BCUT2D eigenvalue weighted by atomic mass is 16.1. The molecule has 0 radical (unpaired) electrons. The second kappa shape index (κ2) is 3.19. The van der Waals surface area contributed by atoms with Crippen molar-refractivity contribution in [1.29, 1.82) is 0 Å². The number of carbonyl (C=O) groups is 1. The van der Waals surface area contributed by atoms with E-state index in [-0.39, 0.29) is 0 Å². The van der Waals surface area contributed by atoms with Crippen LogP contribution in [0.1, 0.15) is 41.8 Å². The van der Waals surface area contributed by atoms with Gasteiger partial charge in [0.05, 0.1) is 0 Å². The number of hydrogen-bond donors (Lipinski definition) is 0. The van der Waals surface area contributed by atoms with Gasteiger partial charge in [0.25, 0.3) is 0 Å². The fourth-order valence-electron chi connectivity index (χ4n) is 2.12. The molecule has 1 aromatic rings. The van der Waals surface area contributed by atoms with Crippen LogP contribution in [0.25, 0.3) is 0 Å². The van der Waals surface area contributed by atoms with Gasteiger partial charge in [-0.05, 0) is 35.8 Å². The molecule has 0 saturated heterocycles. The lowest BCUT2D eigenvalue weighted by atomic mass is 9.74. The molecule has 1 aliphatic carbocycles. The van der Waals surface area contributed by atoms with Crippen molar-refractivity contribution in [1.82, 2.24) is 4.98 Å². The molecule has 0 N–H and O–H groups in total. The number of rotatable bonds is 1. The summed E-state index contributed by atoms with van der Waals surface area (Å²) in [5.74, 6) is 0. The lowest BCUT2D eigenvalue weighted by Gasteiger charge is -2.31. The highest BCUT2D eigenvalue weighted by Crippen LogP contribution is 2.35. The van der Waals surface area contributed by atoms with E-state index in [1.807, 2.05) is 6.20 Å². The molecule has 0 aromatic carbocycles. The summed E-state index contributed by atoms with van der Waals surface area (Å²) in [6.45, 7) is 4.51.